The van der Waals surface area contributed by atoms with E-state index in [1.807, 2.05) is 0 Å². The highest BCUT2D eigenvalue weighted by atomic mass is 16.5. The van der Waals surface area contributed by atoms with Crippen molar-refractivity contribution in [2.45, 2.75) is 38.5 Å². The van der Waals surface area contributed by atoms with E-state index < -0.39 is 0 Å². The summed E-state index contributed by atoms with van der Waals surface area (Å²) in [6.45, 7) is 4.27. The normalized spacial score (nSPS) is 17.7. The molecule has 0 amide bonds. The second-order valence-electron chi connectivity index (χ2n) is 3.51. The van der Waals surface area contributed by atoms with E-state index in [9.17, 15) is 0 Å². The Balaban J connectivity index is 2.30. The fraction of sp³-hybridized carbons (Fsp3) is 0.667. The van der Waals surface area contributed by atoms with E-state index in [0.717, 1.165) is 5.69 Å². The molecule has 0 atom stereocenters. The van der Waals surface area contributed by atoms with Crippen LogP contribution in [0.2, 0.25) is 0 Å². The summed E-state index contributed by atoms with van der Waals surface area (Å²) in [5.74, 6) is 1.18. The van der Waals surface area contributed by atoms with Crippen molar-refractivity contribution in [1.82, 2.24) is 5.16 Å². The maximum absolute atomic E-state index is 4.83. The van der Waals surface area contributed by atoms with Crippen molar-refractivity contribution >= 4 is 0 Å². The van der Waals surface area contributed by atoms with Crippen LogP contribution < -0.4 is 0 Å². The summed E-state index contributed by atoms with van der Waals surface area (Å²) >= 11 is 0. The van der Waals surface area contributed by atoms with Crippen LogP contribution in [0, 0.1) is 6.26 Å². The minimum absolute atomic E-state index is 0.473. The van der Waals surface area contributed by atoms with Gasteiger partial charge in [-0.25, -0.2) is 0 Å². The molecular weight excluding hydrogens is 138 g/mol. The van der Waals surface area contributed by atoms with Gasteiger partial charge < -0.3 is 4.52 Å². The first kappa shape index (κ1) is 6.89. The van der Waals surface area contributed by atoms with Crippen molar-refractivity contribution in [3.8, 4) is 0 Å². The highest BCUT2D eigenvalue weighted by Crippen LogP contribution is 2.42. The van der Waals surface area contributed by atoms with Gasteiger partial charge in [0.1, 0.15) is 0 Å². The van der Waals surface area contributed by atoms with Gasteiger partial charge in [-0.05, 0) is 24.7 Å². The van der Waals surface area contributed by atoms with Gasteiger partial charge in [0.15, 0.2) is 0 Å². The maximum atomic E-state index is 4.83. The van der Waals surface area contributed by atoms with Crippen molar-refractivity contribution in [3.63, 3.8) is 0 Å². The van der Waals surface area contributed by atoms with Crippen LogP contribution in [0.4, 0.5) is 0 Å². The number of hydrogen-bond acceptors (Lipinski definition) is 2. The molecule has 1 saturated carbocycles. The monoisotopic (exact) mass is 150 g/mol. The summed E-state index contributed by atoms with van der Waals surface area (Å²) in [7, 11) is 0. The number of hydrogen-bond donors (Lipinski definition) is 0. The average Bonchev–Trinajstić information content (AvgIpc) is 2.68. The van der Waals surface area contributed by atoms with Gasteiger partial charge in [-0.2, -0.15) is 0 Å². The minimum Gasteiger partial charge on any atom is -0.352 e. The van der Waals surface area contributed by atoms with Crippen LogP contribution in [0.15, 0.2) is 4.52 Å². The van der Waals surface area contributed by atoms with E-state index in [1.54, 1.807) is 0 Å². The van der Waals surface area contributed by atoms with Gasteiger partial charge in [0.2, 0.25) is 6.26 Å². The standard InChI is InChI=1S/C9H12NO/c1-6(2)9-8(5-11-10-9)7-3-4-7/h6-7H,3-4H2,1-2H3. The summed E-state index contributed by atoms with van der Waals surface area (Å²) in [4.78, 5) is 0. The molecule has 0 N–H and O–H groups in total. The van der Waals surface area contributed by atoms with E-state index in [0.29, 0.717) is 11.8 Å². The third-order valence-corrected chi connectivity index (χ3v) is 2.11. The molecular formula is C9H12NO. The predicted molar refractivity (Wildman–Crippen MR) is 41.4 cm³/mol. The Bertz CT molecular complexity index is 231. The fourth-order valence-electron chi connectivity index (χ4n) is 1.30. The summed E-state index contributed by atoms with van der Waals surface area (Å²) in [5, 5.41) is 3.95. The van der Waals surface area contributed by atoms with Crippen molar-refractivity contribution in [2.24, 2.45) is 0 Å². The summed E-state index contributed by atoms with van der Waals surface area (Å²) in [5.41, 5.74) is 2.33. The molecule has 1 radical (unpaired) electrons. The largest absolute Gasteiger partial charge is 0.352 e. The Morgan fingerprint density at radius 3 is 2.82 bits per heavy atom. The van der Waals surface area contributed by atoms with Gasteiger partial charge in [0.05, 0.1) is 5.69 Å². The van der Waals surface area contributed by atoms with Gasteiger partial charge in [0.25, 0.3) is 0 Å². The molecule has 0 aliphatic heterocycles. The summed E-state index contributed by atoms with van der Waals surface area (Å²) in [6, 6.07) is 0. The molecule has 0 saturated heterocycles. The van der Waals surface area contributed by atoms with E-state index in [2.05, 4.69) is 25.3 Å². The maximum Gasteiger partial charge on any atom is 0.208 e. The molecule has 2 heteroatoms. The Morgan fingerprint density at radius 2 is 2.27 bits per heavy atom. The van der Waals surface area contributed by atoms with Crippen LogP contribution in [0.1, 0.15) is 49.8 Å². The molecule has 1 fully saturated rings. The molecule has 1 heterocycles. The van der Waals surface area contributed by atoms with Crippen LogP contribution in [0.25, 0.3) is 0 Å². The highest BCUT2D eigenvalue weighted by molar-refractivity contribution is 5.25. The van der Waals surface area contributed by atoms with E-state index in [4.69, 9.17) is 4.52 Å². The molecule has 0 unspecified atom stereocenters. The van der Waals surface area contributed by atoms with Crippen LogP contribution in [0.5, 0.6) is 0 Å². The van der Waals surface area contributed by atoms with Gasteiger partial charge >= 0.3 is 0 Å². The van der Waals surface area contributed by atoms with Gasteiger partial charge in [-0.3, -0.25) is 0 Å². The fourth-order valence-corrected chi connectivity index (χ4v) is 1.30. The molecule has 2 rings (SSSR count). The smallest absolute Gasteiger partial charge is 0.208 e. The van der Waals surface area contributed by atoms with Crippen LogP contribution in [-0.2, 0) is 0 Å². The minimum atomic E-state index is 0.473. The number of nitrogens with zero attached hydrogens (tertiary/aromatic N) is 1. The molecule has 2 nitrogen and oxygen atoms in total. The first-order chi connectivity index (χ1) is 5.29. The Hall–Kier alpha value is -0.790. The predicted octanol–water partition coefficient (Wildman–Crippen LogP) is 2.48. The zero-order chi connectivity index (χ0) is 7.84. The molecule has 0 bridgehead atoms. The van der Waals surface area contributed by atoms with Crippen LogP contribution in [0.3, 0.4) is 0 Å². The molecule has 59 valence electrons. The summed E-state index contributed by atoms with van der Waals surface area (Å²) in [6.07, 6.45) is 5.44. The van der Waals surface area contributed by atoms with E-state index >= 15 is 0 Å². The Labute approximate surface area is 66.6 Å². The zero-order valence-corrected chi connectivity index (χ0v) is 6.92. The molecule has 1 aliphatic carbocycles. The third kappa shape index (κ3) is 1.17. The summed E-state index contributed by atoms with van der Waals surface area (Å²) < 4.78 is 4.83. The van der Waals surface area contributed by atoms with Gasteiger partial charge in [0, 0.05) is 5.56 Å². The van der Waals surface area contributed by atoms with Gasteiger partial charge in [-0.1, -0.05) is 19.0 Å². The van der Waals surface area contributed by atoms with Crippen LogP contribution >= 0.6 is 0 Å². The first-order valence-corrected chi connectivity index (χ1v) is 4.16. The zero-order valence-electron chi connectivity index (χ0n) is 6.92. The lowest BCUT2D eigenvalue weighted by atomic mass is 10.0. The lowest BCUT2D eigenvalue weighted by molar-refractivity contribution is 0.401. The molecule has 11 heavy (non-hydrogen) atoms. The molecule has 1 aliphatic rings. The van der Waals surface area contributed by atoms with Crippen LogP contribution in [-0.4, -0.2) is 5.16 Å². The molecule has 0 spiro atoms. The second kappa shape index (κ2) is 2.36. The lowest BCUT2D eigenvalue weighted by Gasteiger charge is -2.00. The van der Waals surface area contributed by atoms with Crippen molar-refractivity contribution in [3.05, 3.63) is 17.5 Å². The number of rotatable bonds is 2. The topological polar surface area (TPSA) is 26.0 Å². The third-order valence-electron chi connectivity index (χ3n) is 2.11. The SMILES string of the molecule is CC(C)c1no[c]c1C1CC1. The second-order valence-corrected chi connectivity index (χ2v) is 3.51. The van der Waals surface area contributed by atoms with Crippen molar-refractivity contribution < 1.29 is 4.52 Å². The van der Waals surface area contributed by atoms with Crippen molar-refractivity contribution in [1.29, 1.82) is 0 Å². The van der Waals surface area contributed by atoms with Crippen molar-refractivity contribution in [2.75, 3.05) is 0 Å². The van der Waals surface area contributed by atoms with Gasteiger partial charge in [-0.15, -0.1) is 0 Å². The average molecular weight is 150 g/mol. The van der Waals surface area contributed by atoms with E-state index in [-0.39, 0.29) is 0 Å². The highest BCUT2D eigenvalue weighted by Gasteiger charge is 2.29. The molecule has 1 aromatic rings. The quantitative estimate of drug-likeness (QED) is 0.647. The lowest BCUT2D eigenvalue weighted by Crippen LogP contribution is -1.91. The van der Waals surface area contributed by atoms with E-state index in [1.165, 1.54) is 18.4 Å². The Morgan fingerprint density at radius 1 is 1.55 bits per heavy atom. The number of aromatic nitrogens is 1. The molecule has 0 aromatic carbocycles. The molecule has 1 aromatic heterocycles. The Kier molecular flexibility index (Phi) is 1.48. The first-order valence-electron chi connectivity index (χ1n) is 4.16.